The monoisotopic (exact) mass is 625 g/mol. The van der Waals surface area contributed by atoms with Crippen molar-refractivity contribution in [2.75, 3.05) is 16.8 Å². The third kappa shape index (κ3) is 7.31. The van der Waals surface area contributed by atoms with E-state index in [-0.39, 0.29) is 30.5 Å². The van der Waals surface area contributed by atoms with Gasteiger partial charge < -0.3 is 15.4 Å². The molecule has 1 saturated heterocycles. The lowest BCUT2D eigenvalue weighted by Crippen LogP contribution is -2.31. The largest absolute Gasteiger partial charge is 0.462 e. The van der Waals surface area contributed by atoms with E-state index in [1.807, 2.05) is 17.5 Å². The molecule has 11 heteroatoms. The van der Waals surface area contributed by atoms with Gasteiger partial charge in [0, 0.05) is 27.4 Å². The number of nitrogens with zero attached hydrogens (tertiary/aromatic N) is 1. The second-order valence-electron chi connectivity index (χ2n) is 9.52. The second kappa shape index (κ2) is 14.0. The van der Waals surface area contributed by atoms with Gasteiger partial charge in [0.2, 0.25) is 11.8 Å². The lowest BCUT2D eigenvalue weighted by atomic mass is 10.2. The highest BCUT2D eigenvalue weighted by Gasteiger charge is 2.40. The van der Waals surface area contributed by atoms with Crippen molar-refractivity contribution in [2.45, 2.75) is 23.5 Å². The molecular weight excluding hydrogens is 599 g/mol. The average molecular weight is 626 g/mol. The maximum absolute atomic E-state index is 13.3. The highest BCUT2D eigenvalue weighted by Crippen LogP contribution is 2.35. The molecule has 0 bridgehead atoms. The summed E-state index contributed by atoms with van der Waals surface area (Å²) in [4.78, 5) is 66.8. The minimum absolute atomic E-state index is 0.00106. The van der Waals surface area contributed by atoms with Gasteiger partial charge in [0.25, 0.3) is 11.8 Å². The number of esters is 1. The molecule has 44 heavy (non-hydrogen) atoms. The number of nitrogens with one attached hydrogen (secondary N) is 2. The SMILES string of the molecule is CCOC(=O)c1ccc(N2C(=O)C[C@@H](Sc3cccc(NC(=O)/C(=C/c4cccs4)NC(=O)c4ccccc4)c3)C2=O)cc1. The van der Waals surface area contributed by atoms with Gasteiger partial charge in [0.05, 0.1) is 23.1 Å². The Morgan fingerprint density at radius 1 is 0.955 bits per heavy atom. The maximum Gasteiger partial charge on any atom is 0.338 e. The van der Waals surface area contributed by atoms with Gasteiger partial charge >= 0.3 is 5.97 Å². The molecule has 0 aliphatic carbocycles. The smallest absolute Gasteiger partial charge is 0.338 e. The van der Waals surface area contributed by atoms with E-state index in [0.29, 0.717) is 27.4 Å². The van der Waals surface area contributed by atoms with E-state index in [4.69, 9.17) is 4.74 Å². The normalized spacial score (nSPS) is 14.8. The van der Waals surface area contributed by atoms with E-state index in [0.717, 1.165) is 9.78 Å². The molecule has 0 spiro atoms. The van der Waals surface area contributed by atoms with Crippen LogP contribution in [-0.4, -0.2) is 41.5 Å². The Balaban J connectivity index is 1.27. The van der Waals surface area contributed by atoms with Gasteiger partial charge in [-0.3, -0.25) is 19.2 Å². The fourth-order valence-corrected chi connectivity index (χ4v) is 6.17. The number of carbonyl (C=O) groups excluding carboxylic acids is 5. The fourth-order valence-electron chi connectivity index (χ4n) is 4.40. The number of hydrogen-bond donors (Lipinski definition) is 2. The van der Waals surface area contributed by atoms with Gasteiger partial charge in [-0.2, -0.15) is 0 Å². The summed E-state index contributed by atoms with van der Waals surface area (Å²) in [5.41, 5.74) is 1.64. The van der Waals surface area contributed by atoms with Crippen LogP contribution in [-0.2, 0) is 19.1 Å². The molecule has 4 amide bonds. The summed E-state index contributed by atoms with van der Waals surface area (Å²) < 4.78 is 4.99. The van der Waals surface area contributed by atoms with E-state index < -0.39 is 23.0 Å². The number of anilines is 2. The van der Waals surface area contributed by atoms with Crippen molar-refractivity contribution >= 4 is 70.1 Å². The molecule has 2 N–H and O–H groups in total. The van der Waals surface area contributed by atoms with Crippen molar-refractivity contribution < 1.29 is 28.7 Å². The minimum Gasteiger partial charge on any atom is -0.462 e. The van der Waals surface area contributed by atoms with Crippen LogP contribution in [0, 0.1) is 0 Å². The molecule has 1 aliphatic heterocycles. The highest BCUT2D eigenvalue weighted by molar-refractivity contribution is 8.00. The molecular formula is C33H27N3O6S2. The Morgan fingerprint density at radius 3 is 2.43 bits per heavy atom. The lowest BCUT2D eigenvalue weighted by Gasteiger charge is -2.15. The van der Waals surface area contributed by atoms with Crippen LogP contribution >= 0.6 is 23.1 Å². The molecule has 2 heterocycles. The zero-order valence-corrected chi connectivity index (χ0v) is 25.2. The van der Waals surface area contributed by atoms with Crippen LogP contribution in [0.25, 0.3) is 6.08 Å². The quantitative estimate of drug-likeness (QED) is 0.131. The second-order valence-corrected chi connectivity index (χ2v) is 11.8. The van der Waals surface area contributed by atoms with Crippen LogP contribution < -0.4 is 15.5 Å². The minimum atomic E-state index is -0.669. The van der Waals surface area contributed by atoms with Crippen molar-refractivity contribution in [3.63, 3.8) is 0 Å². The third-order valence-electron chi connectivity index (χ3n) is 6.47. The zero-order chi connectivity index (χ0) is 31.1. The van der Waals surface area contributed by atoms with Crippen molar-refractivity contribution in [1.82, 2.24) is 5.32 Å². The average Bonchev–Trinajstić information content (AvgIpc) is 3.64. The molecule has 1 aromatic heterocycles. The molecule has 3 aromatic carbocycles. The number of rotatable bonds is 10. The predicted molar refractivity (Wildman–Crippen MR) is 170 cm³/mol. The number of carbonyl (C=O) groups is 5. The Bertz CT molecular complexity index is 1720. The molecule has 1 fully saturated rings. The molecule has 0 unspecified atom stereocenters. The summed E-state index contributed by atoms with van der Waals surface area (Å²) in [5, 5.41) is 6.74. The van der Waals surface area contributed by atoms with Crippen LogP contribution in [0.1, 0.15) is 38.9 Å². The molecule has 222 valence electrons. The number of thiophene rings is 1. The van der Waals surface area contributed by atoms with Crippen molar-refractivity contribution in [2.24, 2.45) is 0 Å². The number of thioether (sulfide) groups is 1. The highest BCUT2D eigenvalue weighted by atomic mass is 32.2. The van der Waals surface area contributed by atoms with Crippen molar-refractivity contribution in [1.29, 1.82) is 0 Å². The Morgan fingerprint density at radius 2 is 1.73 bits per heavy atom. The Hall–Kier alpha value is -5.00. The summed E-state index contributed by atoms with van der Waals surface area (Å²) in [6.45, 7) is 1.95. The van der Waals surface area contributed by atoms with E-state index >= 15 is 0 Å². The standard InChI is InChI=1S/C33H27N3O6S2/c1-2-42-33(41)22-13-15-24(16-14-22)36-29(37)20-28(32(36)40)44-26-11-6-10-23(18-26)34-31(39)27(19-25-12-7-17-43-25)35-30(38)21-8-4-3-5-9-21/h3-19,28H,2,20H2,1H3,(H,34,39)(H,35,38)/b27-19-/t28-/m1/s1. The number of amides is 4. The van der Waals surface area contributed by atoms with E-state index in [1.54, 1.807) is 79.7 Å². The fraction of sp³-hybridized carbons (Fsp3) is 0.121. The maximum atomic E-state index is 13.3. The molecule has 9 nitrogen and oxygen atoms in total. The number of hydrogen-bond acceptors (Lipinski definition) is 8. The van der Waals surface area contributed by atoms with Gasteiger partial charge in [0.1, 0.15) is 5.70 Å². The molecule has 4 aromatic rings. The summed E-state index contributed by atoms with van der Waals surface area (Å²) in [5.74, 6) is -2.14. The summed E-state index contributed by atoms with van der Waals surface area (Å²) in [6.07, 6.45) is 1.61. The Labute approximate surface area is 261 Å². The van der Waals surface area contributed by atoms with Gasteiger partial charge in [-0.1, -0.05) is 30.3 Å². The molecule has 1 aliphatic rings. The number of benzene rings is 3. The van der Waals surface area contributed by atoms with Crippen LogP contribution in [0.2, 0.25) is 0 Å². The van der Waals surface area contributed by atoms with E-state index in [2.05, 4.69) is 10.6 Å². The molecule has 1 atom stereocenters. The zero-order valence-electron chi connectivity index (χ0n) is 23.5. The lowest BCUT2D eigenvalue weighted by molar-refractivity contribution is -0.121. The number of ether oxygens (including phenoxy) is 1. The Kier molecular flexibility index (Phi) is 9.68. The topological polar surface area (TPSA) is 122 Å². The first-order valence-corrected chi connectivity index (χ1v) is 15.4. The van der Waals surface area contributed by atoms with Gasteiger partial charge in [-0.05, 0) is 79.0 Å². The molecule has 5 rings (SSSR count). The van der Waals surface area contributed by atoms with E-state index in [1.165, 1.54) is 35.2 Å². The first-order valence-electron chi connectivity index (χ1n) is 13.7. The van der Waals surface area contributed by atoms with Gasteiger partial charge in [-0.15, -0.1) is 23.1 Å². The first kappa shape index (κ1) is 30.5. The van der Waals surface area contributed by atoms with Crippen molar-refractivity contribution in [3.8, 4) is 0 Å². The summed E-state index contributed by atoms with van der Waals surface area (Å²) in [6, 6.07) is 25.3. The van der Waals surface area contributed by atoms with Gasteiger partial charge in [-0.25, -0.2) is 9.69 Å². The molecule has 0 radical (unpaired) electrons. The predicted octanol–water partition coefficient (Wildman–Crippen LogP) is 5.76. The summed E-state index contributed by atoms with van der Waals surface area (Å²) >= 11 is 2.64. The van der Waals surface area contributed by atoms with Crippen molar-refractivity contribution in [3.05, 3.63) is 118 Å². The van der Waals surface area contributed by atoms with Crippen LogP contribution in [0.3, 0.4) is 0 Å². The van der Waals surface area contributed by atoms with Crippen LogP contribution in [0.4, 0.5) is 11.4 Å². The third-order valence-corrected chi connectivity index (χ3v) is 8.47. The summed E-state index contributed by atoms with van der Waals surface area (Å²) in [7, 11) is 0. The van der Waals surface area contributed by atoms with E-state index in [9.17, 15) is 24.0 Å². The van der Waals surface area contributed by atoms with Crippen LogP contribution in [0.15, 0.2) is 107 Å². The molecule has 0 saturated carbocycles. The first-order chi connectivity index (χ1) is 21.3. The van der Waals surface area contributed by atoms with Gasteiger partial charge in [0.15, 0.2) is 0 Å². The number of imide groups is 1. The van der Waals surface area contributed by atoms with Crippen LogP contribution in [0.5, 0.6) is 0 Å².